The van der Waals surface area contributed by atoms with E-state index in [0.717, 1.165) is 0 Å². The summed E-state index contributed by atoms with van der Waals surface area (Å²) >= 11 is 0. The molecule has 0 saturated heterocycles. The second-order valence-corrected chi connectivity index (χ2v) is 2.76. The van der Waals surface area contributed by atoms with Crippen molar-refractivity contribution in [1.29, 1.82) is 0 Å². The molecule has 50 valence electrons. The molecule has 0 radical (unpaired) electrons. The first-order valence-corrected chi connectivity index (χ1v) is 3.64. The third-order valence-electron chi connectivity index (χ3n) is 0.499. The first kappa shape index (κ1) is 8.15. The van der Waals surface area contributed by atoms with Crippen molar-refractivity contribution in [3.05, 3.63) is 0 Å². The number of hydrogen-bond donors (Lipinski definition) is 0. The van der Waals surface area contributed by atoms with Crippen LogP contribution < -0.4 is 0 Å². The molecular weight excluding hydrogens is 127 g/mol. The minimum absolute atomic E-state index is 0.0126. The molecule has 3 nitrogen and oxygen atoms in total. The van der Waals surface area contributed by atoms with Gasteiger partial charge in [0.15, 0.2) is 0 Å². The maximum absolute atomic E-state index is 10.4. The minimum atomic E-state index is -2.18. The molecule has 0 spiro atoms. The van der Waals surface area contributed by atoms with Gasteiger partial charge in [-0.1, -0.05) is 0 Å². The molecule has 0 N–H and O–H groups in total. The Morgan fingerprint density at radius 2 is 2.00 bits per heavy atom. The SMILES string of the molecule is CO[PH](=O)OC(C)C. The molecular formula is C4H11O3P. The van der Waals surface area contributed by atoms with Crippen molar-refractivity contribution in [2.24, 2.45) is 0 Å². The highest BCUT2D eigenvalue weighted by molar-refractivity contribution is 7.33. The molecule has 1 atom stereocenters. The second kappa shape index (κ2) is 4.07. The zero-order valence-corrected chi connectivity index (χ0v) is 6.30. The van der Waals surface area contributed by atoms with Gasteiger partial charge in [-0.25, -0.2) is 0 Å². The third kappa shape index (κ3) is 4.31. The van der Waals surface area contributed by atoms with E-state index >= 15 is 0 Å². The zero-order chi connectivity index (χ0) is 6.57. The predicted octanol–water partition coefficient (Wildman–Crippen LogP) is 1.45. The van der Waals surface area contributed by atoms with Gasteiger partial charge >= 0.3 is 8.25 Å². The van der Waals surface area contributed by atoms with Crippen LogP contribution in [0.1, 0.15) is 13.8 Å². The maximum atomic E-state index is 10.4. The Hall–Kier alpha value is 0.150. The van der Waals surface area contributed by atoms with Gasteiger partial charge in [-0.05, 0) is 13.8 Å². The molecule has 0 aromatic carbocycles. The summed E-state index contributed by atoms with van der Waals surface area (Å²) in [6.45, 7) is 3.61. The lowest BCUT2D eigenvalue weighted by molar-refractivity contribution is 0.207. The van der Waals surface area contributed by atoms with E-state index in [4.69, 9.17) is 4.52 Å². The molecule has 0 aromatic rings. The highest BCUT2D eigenvalue weighted by atomic mass is 31.1. The monoisotopic (exact) mass is 138 g/mol. The van der Waals surface area contributed by atoms with Crippen LogP contribution in [0.3, 0.4) is 0 Å². The lowest BCUT2D eigenvalue weighted by Crippen LogP contribution is -1.94. The molecule has 0 aromatic heterocycles. The maximum Gasteiger partial charge on any atom is 0.319 e. The van der Waals surface area contributed by atoms with Crippen LogP contribution in [0.15, 0.2) is 0 Å². The van der Waals surface area contributed by atoms with Crippen LogP contribution in [0, 0.1) is 0 Å². The van der Waals surface area contributed by atoms with Gasteiger partial charge in [-0.3, -0.25) is 4.57 Å². The topological polar surface area (TPSA) is 35.5 Å². The molecule has 0 fully saturated rings. The lowest BCUT2D eigenvalue weighted by atomic mass is 10.5. The first-order valence-electron chi connectivity index (χ1n) is 2.41. The van der Waals surface area contributed by atoms with Crippen molar-refractivity contribution in [3.8, 4) is 0 Å². The quantitative estimate of drug-likeness (QED) is 0.553. The standard InChI is InChI=1S/C4H11O3P/c1-4(2)7-8(5)6-3/h4,8H,1-3H3. The zero-order valence-electron chi connectivity index (χ0n) is 5.30. The fraction of sp³-hybridized carbons (Fsp3) is 1.00. The molecule has 1 unspecified atom stereocenters. The summed E-state index contributed by atoms with van der Waals surface area (Å²) < 4.78 is 19.5. The van der Waals surface area contributed by atoms with Crippen molar-refractivity contribution in [3.63, 3.8) is 0 Å². The van der Waals surface area contributed by atoms with E-state index in [9.17, 15) is 4.57 Å². The minimum Gasteiger partial charge on any atom is -0.314 e. The van der Waals surface area contributed by atoms with Gasteiger partial charge in [0.1, 0.15) is 0 Å². The fourth-order valence-corrected chi connectivity index (χ4v) is 0.722. The van der Waals surface area contributed by atoms with Gasteiger partial charge < -0.3 is 9.05 Å². The van der Waals surface area contributed by atoms with Crippen LogP contribution in [0.5, 0.6) is 0 Å². The Bertz CT molecular complexity index is 81.4. The van der Waals surface area contributed by atoms with Crippen LogP contribution in [-0.4, -0.2) is 13.2 Å². The first-order chi connectivity index (χ1) is 3.66. The third-order valence-corrected chi connectivity index (χ3v) is 1.50. The highest BCUT2D eigenvalue weighted by Crippen LogP contribution is 2.23. The van der Waals surface area contributed by atoms with Crippen molar-refractivity contribution in [2.45, 2.75) is 20.0 Å². The molecule has 0 aliphatic heterocycles. The Labute approximate surface area is 49.9 Å². The van der Waals surface area contributed by atoms with Crippen LogP contribution >= 0.6 is 8.25 Å². The van der Waals surface area contributed by atoms with Crippen LogP contribution in [0.4, 0.5) is 0 Å². The van der Waals surface area contributed by atoms with Crippen LogP contribution in [-0.2, 0) is 13.6 Å². The summed E-state index contributed by atoms with van der Waals surface area (Å²) in [5, 5.41) is 0. The lowest BCUT2D eigenvalue weighted by Gasteiger charge is -2.03. The Kier molecular flexibility index (Phi) is 4.15. The largest absolute Gasteiger partial charge is 0.319 e. The predicted molar refractivity (Wildman–Crippen MR) is 32.2 cm³/mol. The van der Waals surface area contributed by atoms with Crippen molar-refractivity contribution >= 4 is 8.25 Å². The van der Waals surface area contributed by atoms with Crippen LogP contribution in [0.25, 0.3) is 0 Å². The second-order valence-electron chi connectivity index (χ2n) is 1.62. The molecule has 0 heterocycles. The van der Waals surface area contributed by atoms with E-state index in [1.165, 1.54) is 7.11 Å². The summed E-state index contributed by atoms with van der Waals surface area (Å²) in [6.07, 6.45) is -0.0126. The summed E-state index contributed by atoms with van der Waals surface area (Å²) in [4.78, 5) is 0. The van der Waals surface area contributed by atoms with E-state index < -0.39 is 8.25 Å². The normalized spacial score (nSPS) is 14.5. The van der Waals surface area contributed by atoms with E-state index in [1.54, 1.807) is 0 Å². The smallest absolute Gasteiger partial charge is 0.314 e. The Morgan fingerprint density at radius 1 is 1.50 bits per heavy atom. The Morgan fingerprint density at radius 3 is 2.12 bits per heavy atom. The number of hydrogen-bond acceptors (Lipinski definition) is 3. The van der Waals surface area contributed by atoms with Crippen molar-refractivity contribution in [1.82, 2.24) is 0 Å². The van der Waals surface area contributed by atoms with E-state index in [-0.39, 0.29) is 6.10 Å². The molecule has 4 heteroatoms. The van der Waals surface area contributed by atoms with Crippen molar-refractivity contribution in [2.75, 3.05) is 7.11 Å². The summed E-state index contributed by atoms with van der Waals surface area (Å²) in [6, 6.07) is 0. The molecule has 0 saturated carbocycles. The molecule has 0 bridgehead atoms. The van der Waals surface area contributed by atoms with Gasteiger partial charge in [0.2, 0.25) is 0 Å². The molecule has 0 aliphatic carbocycles. The van der Waals surface area contributed by atoms with Gasteiger partial charge in [0, 0.05) is 7.11 Å². The van der Waals surface area contributed by atoms with E-state index in [0.29, 0.717) is 0 Å². The Balaban J connectivity index is 3.25. The highest BCUT2D eigenvalue weighted by Gasteiger charge is 1.97. The van der Waals surface area contributed by atoms with Crippen LogP contribution in [0.2, 0.25) is 0 Å². The van der Waals surface area contributed by atoms with Crippen molar-refractivity contribution < 1.29 is 13.6 Å². The van der Waals surface area contributed by atoms with Gasteiger partial charge in [-0.2, -0.15) is 0 Å². The average molecular weight is 138 g/mol. The van der Waals surface area contributed by atoms with E-state index in [1.807, 2.05) is 13.8 Å². The molecule has 0 rings (SSSR count). The summed E-state index contributed by atoms with van der Waals surface area (Å²) in [5.74, 6) is 0. The van der Waals surface area contributed by atoms with E-state index in [2.05, 4.69) is 4.52 Å². The fourth-order valence-electron chi connectivity index (χ4n) is 0.241. The molecule has 0 aliphatic rings. The van der Waals surface area contributed by atoms with Gasteiger partial charge in [-0.15, -0.1) is 0 Å². The summed E-state index contributed by atoms with van der Waals surface area (Å²) in [7, 11) is -0.814. The van der Waals surface area contributed by atoms with Gasteiger partial charge in [0.25, 0.3) is 0 Å². The summed E-state index contributed by atoms with van der Waals surface area (Å²) in [5.41, 5.74) is 0. The number of rotatable bonds is 3. The molecule has 0 amide bonds. The average Bonchev–Trinajstić information content (AvgIpc) is 1.65. The van der Waals surface area contributed by atoms with Gasteiger partial charge in [0.05, 0.1) is 6.10 Å². The molecule has 8 heavy (non-hydrogen) atoms.